The Balaban J connectivity index is 1.74. The number of aliphatic hydroxyl groups is 1. The van der Waals surface area contributed by atoms with Crippen molar-refractivity contribution in [1.29, 1.82) is 0 Å². The number of halogens is 1. The van der Waals surface area contributed by atoms with Crippen LogP contribution in [-0.2, 0) is 4.79 Å². The summed E-state index contributed by atoms with van der Waals surface area (Å²) in [6.45, 7) is 2.16. The second-order valence-electron chi connectivity index (χ2n) is 5.95. The summed E-state index contributed by atoms with van der Waals surface area (Å²) in [7, 11) is 0. The van der Waals surface area contributed by atoms with Crippen molar-refractivity contribution in [3.05, 3.63) is 30.1 Å². The predicted octanol–water partition coefficient (Wildman–Crippen LogP) is 2.26. The number of hydrogen-bond acceptors (Lipinski definition) is 3. The molecule has 1 aliphatic carbocycles. The Hall–Kier alpha value is -1.62. The number of benzene rings is 1. The second-order valence-corrected chi connectivity index (χ2v) is 5.95. The normalized spacial score (nSPS) is 25.4. The fraction of sp³-hybridized carbons (Fsp3) is 0.562. The van der Waals surface area contributed by atoms with Gasteiger partial charge in [-0.05, 0) is 30.9 Å². The molecule has 4 nitrogen and oxygen atoms in total. The van der Waals surface area contributed by atoms with Crippen molar-refractivity contribution < 1.29 is 19.0 Å². The first-order chi connectivity index (χ1) is 9.97. The van der Waals surface area contributed by atoms with Crippen molar-refractivity contribution in [3.63, 3.8) is 0 Å². The zero-order valence-corrected chi connectivity index (χ0v) is 12.3. The topological polar surface area (TPSA) is 58.6 Å². The molecule has 116 valence electrons. The zero-order chi connectivity index (χ0) is 15.3. The molecule has 0 radical (unpaired) electrons. The highest BCUT2D eigenvalue weighted by molar-refractivity contribution is 5.77. The summed E-state index contributed by atoms with van der Waals surface area (Å²) < 4.78 is 18.2. The molecular formula is C16H22FNO3. The van der Waals surface area contributed by atoms with Crippen LogP contribution < -0.4 is 10.1 Å². The van der Waals surface area contributed by atoms with E-state index in [-0.39, 0.29) is 19.1 Å². The van der Waals surface area contributed by atoms with E-state index in [4.69, 9.17) is 4.74 Å². The molecule has 0 heterocycles. The van der Waals surface area contributed by atoms with Crippen LogP contribution >= 0.6 is 0 Å². The van der Waals surface area contributed by atoms with Crippen LogP contribution in [0.15, 0.2) is 24.3 Å². The zero-order valence-electron chi connectivity index (χ0n) is 12.3. The van der Waals surface area contributed by atoms with E-state index in [1.54, 1.807) is 6.07 Å². The molecule has 0 bridgehead atoms. The van der Waals surface area contributed by atoms with Crippen molar-refractivity contribution in [2.45, 2.75) is 38.2 Å². The number of carbonyl (C=O) groups excluding carboxylic acids is 1. The van der Waals surface area contributed by atoms with Gasteiger partial charge in [0.2, 0.25) is 0 Å². The van der Waals surface area contributed by atoms with Crippen LogP contribution in [0, 0.1) is 11.7 Å². The maximum absolute atomic E-state index is 13.0. The summed E-state index contributed by atoms with van der Waals surface area (Å²) >= 11 is 0. The van der Waals surface area contributed by atoms with Gasteiger partial charge in [-0.3, -0.25) is 4.79 Å². The van der Waals surface area contributed by atoms with Crippen LogP contribution in [0.3, 0.4) is 0 Å². The lowest BCUT2D eigenvalue weighted by Crippen LogP contribution is -2.46. The molecule has 2 N–H and O–H groups in total. The lowest BCUT2D eigenvalue weighted by Gasteiger charge is -2.35. The first kappa shape index (κ1) is 15.8. The van der Waals surface area contributed by atoms with Gasteiger partial charge in [0, 0.05) is 12.6 Å². The van der Waals surface area contributed by atoms with E-state index >= 15 is 0 Å². The Morgan fingerprint density at radius 1 is 1.57 bits per heavy atom. The first-order valence-electron chi connectivity index (χ1n) is 7.34. The maximum Gasteiger partial charge on any atom is 0.258 e. The Morgan fingerprint density at radius 3 is 3.10 bits per heavy atom. The van der Waals surface area contributed by atoms with Crippen molar-refractivity contribution in [1.82, 2.24) is 5.32 Å². The maximum atomic E-state index is 13.0. The van der Waals surface area contributed by atoms with Crippen LogP contribution in [0.2, 0.25) is 0 Å². The third-order valence-electron chi connectivity index (χ3n) is 3.85. The van der Waals surface area contributed by atoms with Gasteiger partial charge in [-0.1, -0.05) is 25.8 Å². The third kappa shape index (κ3) is 5.01. The molecule has 5 heteroatoms. The monoisotopic (exact) mass is 295 g/mol. The van der Waals surface area contributed by atoms with Gasteiger partial charge in [-0.2, -0.15) is 0 Å². The van der Waals surface area contributed by atoms with Crippen molar-refractivity contribution in [2.24, 2.45) is 5.92 Å². The van der Waals surface area contributed by atoms with E-state index in [1.807, 2.05) is 0 Å². The van der Waals surface area contributed by atoms with Gasteiger partial charge < -0.3 is 15.2 Å². The SMILES string of the molecule is CC1CCCC(O)(CNC(=O)COc2cccc(F)c2)C1. The standard InChI is InChI=1S/C16H22FNO3/c1-12-4-3-7-16(20,9-12)11-18-15(19)10-21-14-6-2-5-13(17)8-14/h2,5-6,8,12,20H,3-4,7,9-11H2,1H3,(H,18,19). The van der Waals surface area contributed by atoms with E-state index in [1.165, 1.54) is 18.2 Å². The van der Waals surface area contributed by atoms with Gasteiger partial charge in [0.05, 0.1) is 5.60 Å². The van der Waals surface area contributed by atoms with Crippen molar-refractivity contribution in [2.75, 3.05) is 13.2 Å². The van der Waals surface area contributed by atoms with Gasteiger partial charge in [-0.25, -0.2) is 4.39 Å². The van der Waals surface area contributed by atoms with Crippen LogP contribution in [0.5, 0.6) is 5.75 Å². The van der Waals surface area contributed by atoms with Gasteiger partial charge in [-0.15, -0.1) is 0 Å². The van der Waals surface area contributed by atoms with E-state index in [0.717, 1.165) is 12.8 Å². The average Bonchev–Trinajstić information content (AvgIpc) is 2.43. The molecule has 1 amide bonds. The van der Waals surface area contributed by atoms with Crippen molar-refractivity contribution in [3.8, 4) is 5.75 Å². The highest BCUT2D eigenvalue weighted by Crippen LogP contribution is 2.31. The molecule has 2 unspecified atom stereocenters. The molecule has 0 aromatic heterocycles. The minimum atomic E-state index is -0.813. The lowest BCUT2D eigenvalue weighted by molar-refractivity contribution is -0.125. The molecule has 1 aromatic rings. The van der Waals surface area contributed by atoms with Crippen LogP contribution in [0.1, 0.15) is 32.6 Å². The van der Waals surface area contributed by atoms with Crippen LogP contribution in [-0.4, -0.2) is 29.8 Å². The number of amides is 1. The Bertz CT molecular complexity index is 494. The number of hydrogen-bond donors (Lipinski definition) is 2. The number of ether oxygens (including phenoxy) is 1. The molecule has 1 fully saturated rings. The molecule has 1 saturated carbocycles. The Morgan fingerprint density at radius 2 is 2.38 bits per heavy atom. The molecule has 1 aromatic carbocycles. The molecule has 2 rings (SSSR count). The molecule has 0 aliphatic heterocycles. The fourth-order valence-electron chi connectivity index (χ4n) is 2.81. The highest BCUT2D eigenvalue weighted by Gasteiger charge is 2.32. The van der Waals surface area contributed by atoms with E-state index in [2.05, 4.69) is 12.2 Å². The quantitative estimate of drug-likeness (QED) is 0.876. The largest absolute Gasteiger partial charge is 0.484 e. The summed E-state index contributed by atoms with van der Waals surface area (Å²) in [6, 6.07) is 5.65. The summed E-state index contributed by atoms with van der Waals surface area (Å²) in [6.07, 6.45) is 3.52. The average molecular weight is 295 g/mol. The van der Waals surface area contributed by atoms with Crippen LogP contribution in [0.25, 0.3) is 0 Å². The number of nitrogens with one attached hydrogen (secondary N) is 1. The molecule has 21 heavy (non-hydrogen) atoms. The summed E-state index contributed by atoms with van der Waals surface area (Å²) in [5, 5.41) is 13.1. The molecule has 2 atom stereocenters. The minimum Gasteiger partial charge on any atom is -0.484 e. The van der Waals surface area contributed by atoms with E-state index in [9.17, 15) is 14.3 Å². The minimum absolute atomic E-state index is 0.185. The molecule has 0 spiro atoms. The van der Waals surface area contributed by atoms with Gasteiger partial charge in [0.25, 0.3) is 5.91 Å². The molecule has 0 saturated heterocycles. The van der Waals surface area contributed by atoms with Gasteiger partial charge >= 0.3 is 0 Å². The molecular weight excluding hydrogens is 273 g/mol. The third-order valence-corrected chi connectivity index (χ3v) is 3.85. The van der Waals surface area contributed by atoms with Gasteiger partial charge in [0.15, 0.2) is 6.61 Å². The van der Waals surface area contributed by atoms with E-state index in [0.29, 0.717) is 24.5 Å². The lowest BCUT2D eigenvalue weighted by atomic mass is 9.79. The summed E-state index contributed by atoms with van der Waals surface area (Å²) in [5.74, 6) is 0.0728. The predicted molar refractivity (Wildman–Crippen MR) is 77.5 cm³/mol. The number of rotatable bonds is 5. The van der Waals surface area contributed by atoms with Gasteiger partial charge in [0.1, 0.15) is 11.6 Å². The Kier molecular flexibility index (Phi) is 5.17. The number of carbonyl (C=O) groups is 1. The smallest absolute Gasteiger partial charge is 0.258 e. The second kappa shape index (κ2) is 6.89. The Labute approximate surface area is 124 Å². The summed E-state index contributed by atoms with van der Waals surface area (Å²) in [4.78, 5) is 11.7. The first-order valence-corrected chi connectivity index (χ1v) is 7.34. The summed E-state index contributed by atoms with van der Waals surface area (Å²) in [5.41, 5.74) is -0.813. The molecule has 1 aliphatic rings. The van der Waals surface area contributed by atoms with Crippen molar-refractivity contribution >= 4 is 5.91 Å². The van der Waals surface area contributed by atoms with Crippen LogP contribution in [0.4, 0.5) is 4.39 Å². The highest BCUT2D eigenvalue weighted by atomic mass is 19.1. The fourth-order valence-corrected chi connectivity index (χ4v) is 2.81. The van der Waals surface area contributed by atoms with E-state index < -0.39 is 11.4 Å².